The number of carboxylic acids is 1. The van der Waals surface area contributed by atoms with Crippen LogP contribution in [0, 0.1) is 5.41 Å². The van der Waals surface area contributed by atoms with Crippen LogP contribution in [-0.2, 0) is 9.59 Å². The number of anilines is 1. The molecule has 0 aromatic heterocycles. The Morgan fingerprint density at radius 3 is 2.47 bits per heavy atom. The van der Waals surface area contributed by atoms with E-state index in [1.54, 1.807) is 12.1 Å². The minimum absolute atomic E-state index is 0.0438. The maximum atomic E-state index is 12.0. The molecule has 1 aromatic carbocycles. The van der Waals surface area contributed by atoms with Crippen LogP contribution in [0.5, 0.6) is 5.75 Å². The van der Waals surface area contributed by atoms with Gasteiger partial charge in [0.15, 0.2) is 0 Å². The quantitative estimate of drug-likeness (QED) is 0.772. The maximum Gasteiger partial charge on any atom is 0.319 e. The molecule has 0 spiro atoms. The molecule has 1 amide bonds. The number of benzene rings is 1. The summed E-state index contributed by atoms with van der Waals surface area (Å²) >= 11 is 0. The molecule has 2 N–H and O–H groups in total. The van der Waals surface area contributed by atoms with Crippen LogP contribution in [-0.4, -0.2) is 29.1 Å². The van der Waals surface area contributed by atoms with Crippen molar-refractivity contribution in [3.05, 3.63) is 24.3 Å². The largest absolute Gasteiger partial charge is 0.508 e. The summed E-state index contributed by atoms with van der Waals surface area (Å²) in [7, 11) is 1.51. The first-order valence-corrected chi connectivity index (χ1v) is 5.28. The number of hydrogen-bond acceptors (Lipinski definition) is 3. The Labute approximate surface area is 98.3 Å². The molecule has 0 saturated heterocycles. The van der Waals surface area contributed by atoms with Gasteiger partial charge in [-0.25, -0.2) is 0 Å². The third kappa shape index (κ3) is 1.84. The molecule has 2 rings (SSSR count). The summed E-state index contributed by atoms with van der Waals surface area (Å²) in [6, 6.07) is 6.17. The zero-order valence-corrected chi connectivity index (χ0v) is 9.38. The number of rotatable bonds is 3. The van der Waals surface area contributed by atoms with Crippen LogP contribution in [0.1, 0.15) is 12.8 Å². The van der Waals surface area contributed by atoms with Gasteiger partial charge in [-0.05, 0) is 25.0 Å². The highest BCUT2D eigenvalue weighted by Crippen LogP contribution is 2.47. The maximum absolute atomic E-state index is 12.0. The highest BCUT2D eigenvalue weighted by Gasteiger charge is 2.58. The summed E-state index contributed by atoms with van der Waals surface area (Å²) in [6.07, 6.45) is 0.759. The fourth-order valence-corrected chi connectivity index (χ4v) is 1.78. The average molecular weight is 235 g/mol. The fourth-order valence-electron chi connectivity index (χ4n) is 1.78. The average Bonchev–Trinajstić information content (AvgIpc) is 3.08. The number of amides is 1. The van der Waals surface area contributed by atoms with Crippen LogP contribution in [0.15, 0.2) is 24.3 Å². The van der Waals surface area contributed by atoms with Crippen molar-refractivity contribution < 1.29 is 19.8 Å². The normalized spacial score (nSPS) is 16.3. The van der Waals surface area contributed by atoms with Crippen molar-refractivity contribution in [3.8, 4) is 5.75 Å². The molecule has 17 heavy (non-hydrogen) atoms. The van der Waals surface area contributed by atoms with Gasteiger partial charge in [-0.3, -0.25) is 9.59 Å². The predicted molar refractivity (Wildman–Crippen MR) is 60.8 cm³/mol. The molecule has 0 bridgehead atoms. The number of hydrogen-bond donors (Lipinski definition) is 2. The number of nitrogens with zero attached hydrogens (tertiary/aromatic N) is 1. The number of carbonyl (C=O) groups excluding carboxylic acids is 1. The number of aromatic hydroxyl groups is 1. The first-order chi connectivity index (χ1) is 7.97. The lowest BCUT2D eigenvalue weighted by Gasteiger charge is -2.21. The number of carbonyl (C=O) groups is 2. The van der Waals surface area contributed by atoms with Crippen LogP contribution in [0.3, 0.4) is 0 Å². The zero-order valence-electron chi connectivity index (χ0n) is 9.38. The van der Waals surface area contributed by atoms with Gasteiger partial charge in [0, 0.05) is 18.8 Å². The zero-order chi connectivity index (χ0) is 12.6. The Kier molecular flexibility index (Phi) is 2.53. The molecular formula is C12H13NO4. The summed E-state index contributed by atoms with van der Waals surface area (Å²) < 4.78 is 0. The van der Waals surface area contributed by atoms with Crippen molar-refractivity contribution in [1.82, 2.24) is 0 Å². The number of carboxylic acid groups (broad SMARTS) is 1. The molecule has 1 aliphatic rings. The van der Waals surface area contributed by atoms with E-state index >= 15 is 0 Å². The molecule has 1 saturated carbocycles. The van der Waals surface area contributed by atoms with Gasteiger partial charge in [0.05, 0.1) is 0 Å². The summed E-state index contributed by atoms with van der Waals surface area (Å²) in [4.78, 5) is 24.4. The van der Waals surface area contributed by atoms with Crippen LogP contribution >= 0.6 is 0 Å². The fraction of sp³-hybridized carbons (Fsp3) is 0.333. The molecule has 0 unspecified atom stereocenters. The summed E-state index contributed by atoms with van der Waals surface area (Å²) in [5.74, 6) is -1.47. The Hall–Kier alpha value is -2.04. The lowest BCUT2D eigenvalue weighted by Crippen LogP contribution is -2.38. The highest BCUT2D eigenvalue weighted by atomic mass is 16.4. The summed E-state index contributed by atoms with van der Waals surface area (Å²) in [5, 5.41) is 18.3. The molecule has 1 aromatic rings. The monoisotopic (exact) mass is 235 g/mol. The second-order valence-corrected chi connectivity index (χ2v) is 4.27. The third-order valence-electron chi connectivity index (χ3n) is 3.09. The third-order valence-corrected chi connectivity index (χ3v) is 3.09. The van der Waals surface area contributed by atoms with Gasteiger partial charge in [-0.1, -0.05) is 6.07 Å². The van der Waals surface area contributed by atoms with Crippen molar-refractivity contribution in [3.63, 3.8) is 0 Å². The molecular weight excluding hydrogens is 222 g/mol. The highest BCUT2D eigenvalue weighted by molar-refractivity contribution is 6.11. The molecule has 0 heterocycles. The van der Waals surface area contributed by atoms with Gasteiger partial charge in [0.2, 0.25) is 5.91 Å². The number of phenols is 1. The predicted octanol–water partition coefficient (Wildman–Crippen LogP) is 1.22. The van der Waals surface area contributed by atoms with Crippen molar-refractivity contribution in [2.45, 2.75) is 12.8 Å². The van der Waals surface area contributed by atoms with E-state index in [-0.39, 0.29) is 5.75 Å². The Morgan fingerprint density at radius 2 is 2.00 bits per heavy atom. The number of phenolic OH excluding ortho intramolecular Hbond substituents is 1. The van der Waals surface area contributed by atoms with Gasteiger partial charge < -0.3 is 15.1 Å². The van der Waals surface area contributed by atoms with E-state index in [0.29, 0.717) is 18.5 Å². The van der Waals surface area contributed by atoms with E-state index in [2.05, 4.69) is 0 Å². The van der Waals surface area contributed by atoms with Crippen molar-refractivity contribution in [2.75, 3.05) is 11.9 Å². The van der Waals surface area contributed by atoms with Crippen LogP contribution in [0.4, 0.5) is 5.69 Å². The lowest BCUT2D eigenvalue weighted by molar-refractivity contribution is -0.148. The van der Waals surface area contributed by atoms with Crippen molar-refractivity contribution in [1.29, 1.82) is 0 Å². The molecule has 90 valence electrons. The van der Waals surface area contributed by atoms with Crippen LogP contribution in [0.25, 0.3) is 0 Å². The summed E-state index contributed by atoms with van der Waals surface area (Å²) in [6.45, 7) is 0. The lowest BCUT2D eigenvalue weighted by atomic mass is 10.1. The molecule has 5 heteroatoms. The molecule has 0 aliphatic heterocycles. The van der Waals surface area contributed by atoms with Crippen molar-refractivity contribution >= 4 is 17.6 Å². The molecule has 1 aliphatic carbocycles. The minimum Gasteiger partial charge on any atom is -0.508 e. The standard InChI is InChI=1S/C12H13NO4/c1-13(8-3-2-4-9(14)7-8)10(15)12(5-6-12)11(16)17/h2-4,7,14H,5-6H2,1H3,(H,16,17). The van der Waals surface area contributed by atoms with Crippen LogP contribution in [0.2, 0.25) is 0 Å². The minimum atomic E-state index is -1.25. The Bertz CT molecular complexity index is 479. The van der Waals surface area contributed by atoms with Crippen LogP contribution < -0.4 is 4.90 Å². The molecule has 1 fully saturated rings. The van der Waals surface area contributed by atoms with Gasteiger partial charge in [-0.15, -0.1) is 0 Å². The van der Waals surface area contributed by atoms with Gasteiger partial charge in [0.1, 0.15) is 11.2 Å². The second-order valence-electron chi connectivity index (χ2n) is 4.27. The first-order valence-electron chi connectivity index (χ1n) is 5.28. The molecule has 0 radical (unpaired) electrons. The van der Waals surface area contributed by atoms with E-state index in [0.717, 1.165) is 0 Å². The number of aliphatic carboxylic acids is 1. The van der Waals surface area contributed by atoms with Gasteiger partial charge in [-0.2, -0.15) is 0 Å². The van der Waals surface area contributed by atoms with Crippen molar-refractivity contribution in [2.24, 2.45) is 5.41 Å². The van der Waals surface area contributed by atoms with E-state index < -0.39 is 17.3 Å². The smallest absolute Gasteiger partial charge is 0.319 e. The van der Waals surface area contributed by atoms with E-state index in [4.69, 9.17) is 5.11 Å². The van der Waals surface area contributed by atoms with Gasteiger partial charge >= 0.3 is 5.97 Å². The second kappa shape index (κ2) is 3.76. The summed E-state index contributed by atoms with van der Waals surface area (Å²) in [5.41, 5.74) is -0.761. The Morgan fingerprint density at radius 1 is 1.35 bits per heavy atom. The Balaban J connectivity index is 2.24. The SMILES string of the molecule is CN(C(=O)C1(C(=O)O)CC1)c1cccc(O)c1. The molecule has 0 atom stereocenters. The van der Waals surface area contributed by atoms with E-state index in [1.165, 1.54) is 24.1 Å². The van der Waals surface area contributed by atoms with Gasteiger partial charge in [0.25, 0.3) is 0 Å². The topological polar surface area (TPSA) is 77.8 Å². The van der Waals surface area contributed by atoms with E-state index in [1.807, 2.05) is 0 Å². The molecule has 5 nitrogen and oxygen atoms in total. The van der Waals surface area contributed by atoms with E-state index in [9.17, 15) is 14.7 Å². The first kappa shape index (κ1) is 11.4.